The Morgan fingerprint density at radius 3 is 1.30 bits per heavy atom. The van der Waals surface area contributed by atoms with Gasteiger partial charge in [0.2, 0.25) is 0 Å². The van der Waals surface area contributed by atoms with Gasteiger partial charge in [-0.05, 0) is 43.3 Å². The highest BCUT2D eigenvalue weighted by molar-refractivity contribution is 6.74. The summed E-state index contributed by atoms with van der Waals surface area (Å²) in [6, 6.07) is 0. The number of aliphatic hydroxyl groups is 1. The van der Waals surface area contributed by atoms with Crippen molar-refractivity contribution in [2.24, 2.45) is 5.92 Å². The van der Waals surface area contributed by atoms with Crippen LogP contribution in [0.2, 0.25) is 18.1 Å². The van der Waals surface area contributed by atoms with E-state index < -0.39 is 8.32 Å². The number of aliphatic hydroxyl groups excluding tert-OH is 1. The second-order valence-electron chi connectivity index (χ2n) is 13.8. The highest BCUT2D eigenvalue weighted by atomic mass is 28.4. The van der Waals surface area contributed by atoms with Gasteiger partial charge in [0.25, 0.3) is 0 Å². The molecule has 0 amide bonds. The zero-order valence-corrected chi connectivity index (χ0v) is 28.0. The smallest absolute Gasteiger partial charge is 0.192 e. The van der Waals surface area contributed by atoms with Gasteiger partial charge < -0.3 is 9.53 Å². The van der Waals surface area contributed by atoms with Crippen LogP contribution in [0, 0.1) is 5.92 Å². The summed E-state index contributed by atoms with van der Waals surface area (Å²) in [6.07, 6.45) is 31.9. The van der Waals surface area contributed by atoms with Crippen LogP contribution in [0.3, 0.4) is 0 Å². The summed E-state index contributed by atoms with van der Waals surface area (Å²) in [5.41, 5.74) is 0. The zero-order valence-electron chi connectivity index (χ0n) is 27.0. The van der Waals surface area contributed by atoms with E-state index in [9.17, 15) is 0 Å². The van der Waals surface area contributed by atoms with Crippen molar-refractivity contribution in [3.05, 3.63) is 0 Å². The molecule has 0 fully saturated rings. The van der Waals surface area contributed by atoms with Crippen LogP contribution < -0.4 is 0 Å². The minimum atomic E-state index is -1.74. The molecule has 0 unspecified atom stereocenters. The van der Waals surface area contributed by atoms with Gasteiger partial charge in [-0.25, -0.2) is 0 Å². The molecule has 0 radical (unpaired) electrons. The van der Waals surface area contributed by atoms with Gasteiger partial charge in [0.05, 0.1) is 0 Å². The van der Waals surface area contributed by atoms with E-state index >= 15 is 0 Å². The van der Waals surface area contributed by atoms with Gasteiger partial charge in [-0.2, -0.15) is 0 Å². The molecule has 0 aromatic heterocycles. The van der Waals surface area contributed by atoms with Crippen LogP contribution in [0.25, 0.3) is 0 Å². The molecule has 0 rings (SSSR count). The molecule has 0 bridgehead atoms. The lowest BCUT2D eigenvalue weighted by Crippen LogP contribution is -2.45. The standard InChI is InChI=1S/C34H72O2Si/c1-8-9-10-11-12-13-14-15-16-17-18-19-20-21-23-26-29-32(2)33(30-27-24-22-25-28-31-35)36-37(6,7)34(3,4)5/h32-33,35H,8-31H2,1-7H3/t32-,33-/m0/s1. The summed E-state index contributed by atoms with van der Waals surface area (Å²) in [4.78, 5) is 0. The predicted molar refractivity (Wildman–Crippen MR) is 170 cm³/mol. The maximum absolute atomic E-state index is 9.01. The fourth-order valence-corrected chi connectivity index (χ4v) is 6.66. The molecule has 0 heterocycles. The van der Waals surface area contributed by atoms with Crippen molar-refractivity contribution < 1.29 is 9.53 Å². The monoisotopic (exact) mass is 541 g/mol. The number of hydrogen-bond acceptors (Lipinski definition) is 2. The van der Waals surface area contributed by atoms with Gasteiger partial charge in [-0.1, -0.05) is 163 Å². The van der Waals surface area contributed by atoms with E-state index in [4.69, 9.17) is 9.53 Å². The Kier molecular flexibility index (Phi) is 24.1. The van der Waals surface area contributed by atoms with E-state index in [1.807, 2.05) is 0 Å². The largest absolute Gasteiger partial charge is 0.414 e. The van der Waals surface area contributed by atoms with Crippen LogP contribution in [-0.4, -0.2) is 26.1 Å². The van der Waals surface area contributed by atoms with E-state index in [1.54, 1.807) is 0 Å². The Bertz CT molecular complexity index is 471. The fraction of sp³-hybridized carbons (Fsp3) is 1.00. The second-order valence-corrected chi connectivity index (χ2v) is 18.5. The van der Waals surface area contributed by atoms with Gasteiger partial charge in [0.15, 0.2) is 8.32 Å². The molecule has 0 saturated carbocycles. The molecule has 2 nitrogen and oxygen atoms in total. The van der Waals surface area contributed by atoms with Crippen molar-refractivity contribution in [2.45, 2.75) is 207 Å². The third kappa shape index (κ3) is 21.6. The first kappa shape index (κ1) is 37.1. The summed E-state index contributed by atoms with van der Waals surface area (Å²) in [5.74, 6) is 0.665. The predicted octanol–water partition coefficient (Wildman–Crippen LogP) is 12.0. The summed E-state index contributed by atoms with van der Waals surface area (Å²) in [6.45, 7) is 17.0. The van der Waals surface area contributed by atoms with E-state index in [-0.39, 0.29) is 5.04 Å². The lowest BCUT2D eigenvalue weighted by atomic mass is 9.93. The SMILES string of the molecule is CCCCCCCCCCCCCCCCCC[C@H](C)[C@H](CCCCCCCO)O[Si](C)(C)C(C)(C)C. The molecule has 0 aromatic carbocycles. The quantitative estimate of drug-likeness (QED) is 0.0829. The van der Waals surface area contributed by atoms with Gasteiger partial charge in [0.1, 0.15) is 0 Å². The minimum Gasteiger partial charge on any atom is -0.414 e. The Morgan fingerprint density at radius 2 is 0.919 bits per heavy atom. The van der Waals surface area contributed by atoms with Gasteiger partial charge in [0, 0.05) is 12.7 Å². The van der Waals surface area contributed by atoms with Gasteiger partial charge in [-0.15, -0.1) is 0 Å². The summed E-state index contributed by atoms with van der Waals surface area (Å²) in [7, 11) is -1.74. The molecular formula is C34H72O2Si. The second kappa shape index (κ2) is 24.0. The molecule has 2 atom stereocenters. The lowest BCUT2D eigenvalue weighted by molar-refractivity contribution is 0.107. The summed E-state index contributed by atoms with van der Waals surface area (Å²) >= 11 is 0. The molecular weight excluding hydrogens is 468 g/mol. The molecule has 0 aliphatic carbocycles. The van der Waals surface area contributed by atoms with Crippen molar-refractivity contribution in [1.82, 2.24) is 0 Å². The number of rotatable bonds is 27. The van der Waals surface area contributed by atoms with Crippen molar-refractivity contribution in [3.8, 4) is 0 Å². The van der Waals surface area contributed by atoms with E-state index in [0.717, 1.165) is 6.42 Å². The van der Waals surface area contributed by atoms with Crippen LogP contribution in [0.5, 0.6) is 0 Å². The maximum atomic E-state index is 9.01. The van der Waals surface area contributed by atoms with Crippen LogP contribution in [-0.2, 0) is 4.43 Å². The first-order valence-electron chi connectivity index (χ1n) is 16.9. The highest BCUT2D eigenvalue weighted by Crippen LogP contribution is 2.39. The fourth-order valence-electron chi connectivity index (χ4n) is 5.20. The van der Waals surface area contributed by atoms with Crippen molar-refractivity contribution in [1.29, 1.82) is 0 Å². The topological polar surface area (TPSA) is 29.5 Å². The Morgan fingerprint density at radius 1 is 0.568 bits per heavy atom. The van der Waals surface area contributed by atoms with Gasteiger partial charge >= 0.3 is 0 Å². The molecule has 224 valence electrons. The maximum Gasteiger partial charge on any atom is 0.192 e. The molecule has 1 N–H and O–H groups in total. The third-order valence-corrected chi connectivity index (χ3v) is 13.6. The van der Waals surface area contributed by atoms with Crippen LogP contribution in [0.1, 0.15) is 182 Å². The average Bonchev–Trinajstić information content (AvgIpc) is 2.84. The first-order valence-corrected chi connectivity index (χ1v) is 19.8. The van der Waals surface area contributed by atoms with Crippen LogP contribution in [0.15, 0.2) is 0 Å². The van der Waals surface area contributed by atoms with Crippen LogP contribution in [0.4, 0.5) is 0 Å². The van der Waals surface area contributed by atoms with Crippen LogP contribution >= 0.6 is 0 Å². The van der Waals surface area contributed by atoms with Crippen molar-refractivity contribution in [2.75, 3.05) is 6.61 Å². The Labute approximate surface area is 236 Å². The number of unbranched alkanes of at least 4 members (excludes halogenated alkanes) is 19. The third-order valence-electron chi connectivity index (χ3n) is 9.05. The average molecular weight is 541 g/mol. The Hall–Kier alpha value is 0.137. The molecule has 0 aromatic rings. The molecule has 0 aliphatic rings. The minimum absolute atomic E-state index is 0.278. The van der Waals surface area contributed by atoms with Gasteiger partial charge in [-0.3, -0.25) is 0 Å². The molecule has 3 heteroatoms. The summed E-state index contributed by atoms with van der Waals surface area (Å²) in [5, 5.41) is 9.29. The van der Waals surface area contributed by atoms with E-state index in [1.165, 1.54) is 141 Å². The Balaban J connectivity index is 3.99. The summed E-state index contributed by atoms with van der Waals surface area (Å²) < 4.78 is 6.97. The number of hydrogen-bond donors (Lipinski definition) is 1. The molecule has 0 saturated heterocycles. The zero-order chi connectivity index (χ0) is 27.8. The normalized spacial score (nSPS) is 14.3. The molecule has 0 spiro atoms. The molecule has 37 heavy (non-hydrogen) atoms. The van der Waals surface area contributed by atoms with E-state index in [2.05, 4.69) is 47.7 Å². The highest BCUT2D eigenvalue weighted by Gasteiger charge is 2.39. The van der Waals surface area contributed by atoms with Crippen molar-refractivity contribution >= 4 is 8.32 Å². The lowest BCUT2D eigenvalue weighted by Gasteiger charge is -2.41. The van der Waals surface area contributed by atoms with E-state index in [0.29, 0.717) is 18.6 Å². The van der Waals surface area contributed by atoms with Crippen molar-refractivity contribution in [3.63, 3.8) is 0 Å². The molecule has 0 aliphatic heterocycles. The first-order chi connectivity index (χ1) is 17.7.